The van der Waals surface area contributed by atoms with Gasteiger partial charge in [-0.05, 0) is 37.6 Å². The summed E-state index contributed by atoms with van der Waals surface area (Å²) < 4.78 is 1.74. The first-order chi connectivity index (χ1) is 14.9. The Labute approximate surface area is 179 Å². The van der Waals surface area contributed by atoms with E-state index in [0.29, 0.717) is 12.4 Å². The Balaban J connectivity index is 1.73. The Morgan fingerprint density at radius 2 is 1.94 bits per heavy atom. The molecule has 4 rings (SSSR count). The summed E-state index contributed by atoms with van der Waals surface area (Å²) in [6, 6.07) is 18.9. The Morgan fingerprint density at radius 1 is 1.16 bits per heavy atom. The fraction of sp³-hybridized carbons (Fsp3) is 0.261. The molecule has 2 heterocycles. The van der Waals surface area contributed by atoms with Crippen LogP contribution < -0.4 is 10.6 Å². The van der Waals surface area contributed by atoms with Crippen LogP contribution in [0.15, 0.2) is 65.8 Å². The van der Waals surface area contributed by atoms with Gasteiger partial charge in [0.2, 0.25) is 11.8 Å². The van der Waals surface area contributed by atoms with Gasteiger partial charge in [0, 0.05) is 24.6 Å². The number of carbonyl (C=O) groups is 2. The van der Waals surface area contributed by atoms with Gasteiger partial charge in [0.15, 0.2) is 5.82 Å². The lowest BCUT2D eigenvalue weighted by molar-refractivity contribution is -0.123. The summed E-state index contributed by atoms with van der Waals surface area (Å²) in [5, 5.41) is 13.3. The van der Waals surface area contributed by atoms with Crippen molar-refractivity contribution in [1.82, 2.24) is 15.1 Å². The normalized spacial score (nSPS) is 16.1. The number of para-hydroxylation sites is 1. The number of carbonyl (C=O) groups excluding carboxylic acids is 2. The van der Waals surface area contributed by atoms with Crippen molar-refractivity contribution in [2.24, 2.45) is 11.1 Å². The summed E-state index contributed by atoms with van der Waals surface area (Å²) in [6.45, 7) is 3.85. The molecule has 158 valence electrons. The zero-order valence-electron chi connectivity index (χ0n) is 17.3. The van der Waals surface area contributed by atoms with Crippen LogP contribution in [0.3, 0.4) is 0 Å². The first kappa shape index (κ1) is 20.5. The monoisotopic (exact) mass is 417 g/mol. The standard InChI is InChI=1S/C23H23N5O3/c1-23(2,27-31)17-8-6-7-15(11-17)19-13-20(25-22(30)16-12-21(29)24-14-16)26-28(19)18-9-4-3-5-10-18/h3-11,13,16H,12,14H2,1-2H3,(H,24,29)(H,25,26,30)/t16-/m1/s1. The highest BCUT2D eigenvalue weighted by Gasteiger charge is 2.29. The minimum absolute atomic E-state index is 0.126. The zero-order valence-corrected chi connectivity index (χ0v) is 17.3. The van der Waals surface area contributed by atoms with Gasteiger partial charge in [-0.15, -0.1) is 10.0 Å². The van der Waals surface area contributed by atoms with Crippen LogP contribution in [0, 0.1) is 10.8 Å². The molecule has 0 radical (unpaired) electrons. The van der Waals surface area contributed by atoms with Gasteiger partial charge >= 0.3 is 0 Å². The number of benzene rings is 2. The average Bonchev–Trinajstić information content (AvgIpc) is 3.41. The predicted molar refractivity (Wildman–Crippen MR) is 118 cm³/mol. The molecule has 0 spiro atoms. The van der Waals surface area contributed by atoms with Crippen LogP contribution >= 0.6 is 0 Å². The summed E-state index contributed by atoms with van der Waals surface area (Å²) in [6.07, 6.45) is 0.175. The third-order valence-corrected chi connectivity index (χ3v) is 5.40. The van der Waals surface area contributed by atoms with Gasteiger partial charge in [-0.1, -0.05) is 41.6 Å². The van der Waals surface area contributed by atoms with Crippen LogP contribution in [-0.2, 0) is 15.1 Å². The fourth-order valence-electron chi connectivity index (χ4n) is 3.54. The quantitative estimate of drug-likeness (QED) is 0.598. The summed E-state index contributed by atoms with van der Waals surface area (Å²) in [7, 11) is 0. The number of nitrogens with zero attached hydrogens (tertiary/aromatic N) is 3. The number of nitrogens with one attached hydrogen (secondary N) is 2. The van der Waals surface area contributed by atoms with E-state index in [9.17, 15) is 14.5 Å². The maximum Gasteiger partial charge on any atom is 0.230 e. The van der Waals surface area contributed by atoms with Crippen molar-refractivity contribution < 1.29 is 9.59 Å². The maximum absolute atomic E-state index is 12.6. The minimum Gasteiger partial charge on any atom is -0.355 e. The smallest absolute Gasteiger partial charge is 0.230 e. The number of anilines is 1. The highest BCUT2D eigenvalue weighted by molar-refractivity contribution is 5.97. The molecule has 0 bridgehead atoms. The number of hydrogen-bond acceptors (Lipinski definition) is 5. The molecule has 1 fully saturated rings. The molecule has 0 saturated carbocycles. The number of hydrogen-bond donors (Lipinski definition) is 2. The molecule has 8 nitrogen and oxygen atoms in total. The van der Waals surface area contributed by atoms with E-state index in [1.54, 1.807) is 24.6 Å². The number of amides is 2. The van der Waals surface area contributed by atoms with E-state index in [2.05, 4.69) is 20.9 Å². The second-order valence-corrected chi connectivity index (χ2v) is 8.09. The molecule has 31 heavy (non-hydrogen) atoms. The van der Waals surface area contributed by atoms with E-state index in [4.69, 9.17) is 0 Å². The Hall–Kier alpha value is -3.81. The lowest BCUT2D eigenvalue weighted by Crippen LogP contribution is -2.24. The van der Waals surface area contributed by atoms with Crippen molar-refractivity contribution in [2.75, 3.05) is 11.9 Å². The summed E-state index contributed by atoms with van der Waals surface area (Å²) in [5.41, 5.74) is 2.33. The third-order valence-electron chi connectivity index (χ3n) is 5.40. The molecule has 8 heteroatoms. The number of aromatic nitrogens is 2. The van der Waals surface area contributed by atoms with Crippen molar-refractivity contribution in [3.63, 3.8) is 0 Å². The van der Waals surface area contributed by atoms with Crippen LogP contribution in [0.5, 0.6) is 0 Å². The molecular weight excluding hydrogens is 394 g/mol. The van der Waals surface area contributed by atoms with Crippen molar-refractivity contribution in [1.29, 1.82) is 0 Å². The molecule has 1 aliphatic heterocycles. The lowest BCUT2D eigenvalue weighted by Gasteiger charge is -2.17. The van der Waals surface area contributed by atoms with E-state index in [1.807, 2.05) is 54.6 Å². The van der Waals surface area contributed by atoms with Crippen molar-refractivity contribution in [2.45, 2.75) is 25.8 Å². The largest absolute Gasteiger partial charge is 0.355 e. The van der Waals surface area contributed by atoms with Crippen molar-refractivity contribution in [3.05, 3.63) is 71.1 Å². The molecule has 0 aliphatic carbocycles. The minimum atomic E-state index is -0.868. The highest BCUT2D eigenvalue weighted by atomic mass is 16.3. The summed E-state index contributed by atoms with van der Waals surface area (Å²) in [4.78, 5) is 35.3. The summed E-state index contributed by atoms with van der Waals surface area (Å²) in [5.74, 6) is -0.400. The molecule has 1 saturated heterocycles. The van der Waals surface area contributed by atoms with Crippen molar-refractivity contribution >= 4 is 17.6 Å². The maximum atomic E-state index is 12.6. The van der Waals surface area contributed by atoms with Gasteiger partial charge in [0.05, 0.1) is 17.3 Å². The van der Waals surface area contributed by atoms with E-state index in [-0.39, 0.29) is 18.2 Å². The van der Waals surface area contributed by atoms with Gasteiger partial charge in [0.25, 0.3) is 0 Å². The van der Waals surface area contributed by atoms with Gasteiger partial charge in [-0.2, -0.15) is 0 Å². The summed E-state index contributed by atoms with van der Waals surface area (Å²) >= 11 is 0. The van der Waals surface area contributed by atoms with E-state index in [0.717, 1.165) is 22.5 Å². The van der Waals surface area contributed by atoms with Gasteiger partial charge < -0.3 is 10.6 Å². The molecule has 2 N–H and O–H groups in total. The van der Waals surface area contributed by atoms with Gasteiger partial charge in [0.1, 0.15) is 5.54 Å². The molecule has 3 aromatic rings. The van der Waals surface area contributed by atoms with E-state index >= 15 is 0 Å². The van der Waals surface area contributed by atoms with Crippen LogP contribution in [0.2, 0.25) is 0 Å². The predicted octanol–water partition coefficient (Wildman–Crippen LogP) is 3.62. The first-order valence-electron chi connectivity index (χ1n) is 10.1. The third kappa shape index (κ3) is 4.23. The average molecular weight is 417 g/mol. The Bertz CT molecular complexity index is 1140. The van der Waals surface area contributed by atoms with Crippen LogP contribution in [0.1, 0.15) is 25.8 Å². The molecule has 1 atom stereocenters. The SMILES string of the molecule is CC(C)(N=O)c1cccc(-c2cc(NC(=O)[C@H]3CNC(=O)C3)nn2-c2ccccc2)c1. The molecule has 2 aromatic carbocycles. The molecular formula is C23H23N5O3. The molecule has 0 unspecified atom stereocenters. The first-order valence-corrected chi connectivity index (χ1v) is 10.1. The second-order valence-electron chi connectivity index (χ2n) is 8.09. The van der Waals surface area contributed by atoms with E-state index in [1.165, 1.54) is 0 Å². The van der Waals surface area contributed by atoms with Crippen LogP contribution in [0.25, 0.3) is 16.9 Å². The van der Waals surface area contributed by atoms with Gasteiger partial charge in [-0.3, -0.25) is 9.59 Å². The van der Waals surface area contributed by atoms with Crippen molar-refractivity contribution in [3.8, 4) is 16.9 Å². The number of rotatable bonds is 6. The van der Waals surface area contributed by atoms with Crippen LogP contribution in [-0.4, -0.2) is 28.1 Å². The number of nitroso groups, excluding NO2 is 1. The molecule has 1 aromatic heterocycles. The highest BCUT2D eigenvalue weighted by Crippen LogP contribution is 2.31. The van der Waals surface area contributed by atoms with Gasteiger partial charge in [-0.25, -0.2) is 4.68 Å². The molecule has 2 amide bonds. The van der Waals surface area contributed by atoms with Crippen LogP contribution in [0.4, 0.5) is 5.82 Å². The zero-order chi connectivity index (χ0) is 22.0. The topological polar surface area (TPSA) is 105 Å². The Kier molecular flexibility index (Phi) is 5.37. The lowest BCUT2D eigenvalue weighted by atomic mass is 9.93. The fourth-order valence-corrected chi connectivity index (χ4v) is 3.54. The van der Waals surface area contributed by atoms with E-state index < -0.39 is 11.5 Å². The molecule has 1 aliphatic rings. The second kappa shape index (κ2) is 8.14. The Morgan fingerprint density at radius 3 is 2.61 bits per heavy atom.